The Hall–Kier alpha value is -2.63. The molecule has 21 heavy (non-hydrogen) atoms. The van der Waals surface area contributed by atoms with Crippen LogP contribution in [0.3, 0.4) is 0 Å². The number of ether oxygens (including phenoxy) is 1. The van der Waals surface area contributed by atoms with Crippen molar-refractivity contribution in [2.24, 2.45) is 0 Å². The largest absolute Gasteiger partial charge is 0.455 e. The highest BCUT2D eigenvalue weighted by atomic mass is 19.1. The van der Waals surface area contributed by atoms with E-state index in [1.807, 2.05) is 0 Å². The van der Waals surface area contributed by atoms with Crippen LogP contribution in [0.5, 0.6) is 11.5 Å². The maximum absolute atomic E-state index is 13.1. The number of hydrogen-bond donors (Lipinski definition) is 2. The molecule has 3 rings (SSSR count). The van der Waals surface area contributed by atoms with Gasteiger partial charge in [-0.3, -0.25) is 4.79 Å². The first-order chi connectivity index (χ1) is 10.0. The van der Waals surface area contributed by atoms with Crippen molar-refractivity contribution in [1.82, 2.24) is 0 Å². The van der Waals surface area contributed by atoms with Crippen molar-refractivity contribution in [3.63, 3.8) is 0 Å². The summed E-state index contributed by atoms with van der Waals surface area (Å²) in [6, 6.07) is 6.12. The smallest absolute Gasteiger partial charge is 0.224 e. The molecule has 0 aromatic heterocycles. The Kier molecular flexibility index (Phi) is 3.21. The molecule has 0 bridgehead atoms. The number of anilines is 2. The molecule has 1 aliphatic heterocycles. The number of amides is 1. The summed E-state index contributed by atoms with van der Waals surface area (Å²) in [7, 11) is 0. The number of aryl methyl sites for hydroxylation is 1. The van der Waals surface area contributed by atoms with Crippen molar-refractivity contribution in [2.45, 2.75) is 12.8 Å². The molecule has 0 fully saturated rings. The summed E-state index contributed by atoms with van der Waals surface area (Å²) < 4.78 is 31.7. The fourth-order valence-electron chi connectivity index (χ4n) is 2.23. The van der Waals surface area contributed by atoms with E-state index in [2.05, 4.69) is 5.32 Å². The van der Waals surface area contributed by atoms with Crippen LogP contribution in [0, 0.1) is 11.6 Å². The van der Waals surface area contributed by atoms with Gasteiger partial charge in [-0.2, -0.15) is 0 Å². The van der Waals surface area contributed by atoms with Crippen LogP contribution in [-0.2, 0) is 11.2 Å². The molecule has 0 unspecified atom stereocenters. The van der Waals surface area contributed by atoms with Crippen LogP contribution >= 0.6 is 0 Å². The van der Waals surface area contributed by atoms with Crippen molar-refractivity contribution in [2.75, 3.05) is 11.1 Å². The quantitative estimate of drug-likeness (QED) is 0.835. The van der Waals surface area contributed by atoms with Gasteiger partial charge in [-0.15, -0.1) is 0 Å². The fourth-order valence-corrected chi connectivity index (χ4v) is 2.23. The first kappa shape index (κ1) is 13.4. The Morgan fingerprint density at radius 2 is 1.76 bits per heavy atom. The number of halogens is 2. The van der Waals surface area contributed by atoms with Crippen molar-refractivity contribution >= 4 is 17.3 Å². The number of fused-ring (bicyclic) bond motifs is 1. The number of nitrogens with one attached hydrogen (secondary N) is 1. The van der Waals surface area contributed by atoms with Crippen molar-refractivity contribution in [1.29, 1.82) is 0 Å². The zero-order valence-corrected chi connectivity index (χ0v) is 11.0. The molecule has 6 heteroatoms. The Bertz CT molecular complexity index is 712. The van der Waals surface area contributed by atoms with Gasteiger partial charge in [0, 0.05) is 36.4 Å². The SMILES string of the molecule is Nc1cc2c(cc1Oc1cc(F)cc(F)c1)NC(=O)CC2. The zero-order valence-electron chi connectivity index (χ0n) is 11.0. The van der Waals surface area contributed by atoms with E-state index in [0.717, 1.165) is 23.8 Å². The molecule has 108 valence electrons. The van der Waals surface area contributed by atoms with Gasteiger partial charge in [0.25, 0.3) is 0 Å². The third-order valence-electron chi connectivity index (χ3n) is 3.19. The van der Waals surface area contributed by atoms with Crippen molar-refractivity contribution < 1.29 is 18.3 Å². The van der Waals surface area contributed by atoms with Crippen LogP contribution in [0.1, 0.15) is 12.0 Å². The maximum Gasteiger partial charge on any atom is 0.224 e. The Morgan fingerprint density at radius 1 is 1.05 bits per heavy atom. The molecular weight excluding hydrogens is 278 g/mol. The predicted octanol–water partition coefficient (Wildman–Crippen LogP) is 3.22. The van der Waals surface area contributed by atoms with E-state index < -0.39 is 11.6 Å². The molecular formula is C15H12F2N2O2. The van der Waals surface area contributed by atoms with E-state index in [-0.39, 0.29) is 17.4 Å². The van der Waals surface area contributed by atoms with Gasteiger partial charge in [0.2, 0.25) is 5.91 Å². The minimum Gasteiger partial charge on any atom is -0.455 e. The molecule has 0 atom stereocenters. The molecule has 2 aromatic carbocycles. The van der Waals surface area contributed by atoms with E-state index in [9.17, 15) is 13.6 Å². The van der Waals surface area contributed by atoms with Crippen molar-refractivity contribution in [3.8, 4) is 11.5 Å². The number of rotatable bonds is 2. The topological polar surface area (TPSA) is 64.3 Å². The first-order valence-corrected chi connectivity index (χ1v) is 6.37. The maximum atomic E-state index is 13.1. The van der Waals surface area contributed by atoms with Crippen LogP contribution in [0.2, 0.25) is 0 Å². The minimum atomic E-state index is -0.741. The van der Waals surface area contributed by atoms with E-state index in [1.54, 1.807) is 12.1 Å². The number of carbonyl (C=O) groups excluding carboxylic acids is 1. The lowest BCUT2D eigenvalue weighted by Gasteiger charge is -2.19. The standard InChI is InChI=1S/C15H12F2N2O2/c16-9-4-10(17)6-11(5-9)21-14-7-13-8(3-12(14)18)1-2-15(20)19-13/h3-7H,1-2,18H2,(H,19,20). The lowest BCUT2D eigenvalue weighted by atomic mass is 10.0. The lowest BCUT2D eigenvalue weighted by Crippen LogP contribution is -2.19. The number of carbonyl (C=O) groups is 1. The molecule has 0 spiro atoms. The lowest BCUT2D eigenvalue weighted by molar-refractivity contribution is -0.116. The van der Waals surface area contributed by atoms with Gasteiger partial charge in [-0.25, -0.2) is 8.78 Å². The molecule has 0 saturated carbocycles. The summed E-state index contributed by atoms with van der Waals surface area (Å²) in [5.74, 6) is -1.33. The summed E-state index contributed by atoms with van der Waals surface area (Å²) in [6.07, 6.45) is 1.00. The molecule has 1 heterocycles. The minimum absolute atomic E-state index is 0.00119. The third kappa shape index (κ3) is 2.79. The summed E-state index contributed by atoms with van der Waals surface area (Å²) in [5, 5.41) is 2.71. The number of nitrogen functional groups attached to an aromatic ring is 1. The van der Waals surface area contributed by atoms with E-state index in [1.165, 1.54) is 0 Å². The molecule has 3 N–H and O–H groups in total. The van der Waals surface area contributed by atoms with Gasteiger partial charge in [-0.05, 0) is 18.1 Å². The molecule has 4 nitrogen and oxygen atoms in total. The van der Waals surface area contributed by atoms with Crippen LogP contribution in [0.4, 0.5) is 20.2 Å². The highest BCUT2D eigenvalue weighted by molar-refractivity contribution is 5.94. The highest BCUT2D eigenvalue weighted by Gasteiger charge is 2.17. The van der Waals surface area contributed by atoms with Gasteiger partial charge in [0.15, 0.2) is 5.75 Å². The van der Waals surface area contributed by atoms with Gasteiger partial charge in [0.1, 0.15) is 17.4 Å². The second kappa shape index (κ2) is 5.05. The second-order valence-electron chi connectivity index (χ2n) is 4.80. The summed E-state index contributed by atoms with van der Waals surface area (Å²) in [4.78, 5) is 11.4. The van der Waals surface area contributed by atoms with E-state index in [4.69, 9.17) is 10.5 Å². The molecule has 1 aliphatic rings. The van der Waals surface area contributed by atoms with Crippen LogP contribution < -0.4 is 15.8 Å². The summed E-state index contributed by atoms with van der Waals surface area (Å²) in [6.45, 7) is 0. The number of hydrogen-bond acceptors (Lipinski definition) is 3. The number of nitrogens with two attached hydrogens (primary N) is 1. The van der Waals surface area contributed by atoms with Crippen LogP contribution in [0.15, 0.2) is 30.3 Å². The molecule has 0 radical (unpaired) electrons. The van der Waals surface area contributed by atoms with E-state index >= 15 is 0 Å². The monoisotopic (exact) mass is 290 g/mol. The van der Waals surface area contributed by atoms with Gasteiger partial charge in [0.05, 0.1) is 5.69 Å². The molecule has 0 aliphatic carbocycles. The van der Waals surface area contributed by atoms with Gasteiger partial charge >= 0.3 is 0 Å². The highest BCUT2D eigenvalue weighted by Crippen LogP contribution is 2.35. The second-order valence-corrected chi connectivity index (χ2v) is 4.80. The Morgan fingerprint density at radius 3 is 2.48 bits per heavy atom. The molecule has 1 amide bonds. The predicted molar refractivity (Wildman–Crippen MR) is 74.2 cm³/mol. The average molecular weight is 290 g/mol. The summed E-state index contributed by atoms with van der Waals surface area (Å²) >= 11 is 0. The number of benzene rings is 2. The van der Waals surface area contributed by atoms with Gasteiger partial charge in [-0.1, -0.05) is 0 Å². The molecule has 2 aromatic rings. The first-order valence-electron chi connectivity index (χ1n) is 6.37. The third-order valence-corrected chi connectivity index (χ3v) is 3.19. The normalized spacial score (nSPS) is 13.5. The zero-order chi connectivity index (χ0) is 15.0. The Balaban J connectivity index is 1.95. The Labute approximate surface area is 119 Å². The van der Waals surface area contributed by atoms with Crippen LogP contribution in [0.25, 0.3) is 0 Å². The van der Waals surface area contributed by atoms with E-state index in [0.29, 0.717) is 24.2 Å². The molecule has 0 saturated heterocycles. The average Bonchev–Trinajstić information content (AvgIpc) is 2.39. The van der Waals surface area contributed by atoms with Crippen molar-refractivity contribution in [3.05, 3.63) is 47.5 Å². The van der Waals surface area contributed by atoms with Gasteiger partial charge < -0.3 is 15.8 Å². The fraction of sp³-hybridized carbons (Fsp3) is 0.133. The summed E-state index contributed by atoms with van der Waals surface area (Å²) in [5.41, 5.74) is 7.73. The van der Waals surface area contributed by atoms with Crippen LogP contribution in [-0.4, -0.2) is 5.91 Å².